The number of benzene rings is 2. The molecule has 4 nitrogen and oxygen atoms in total. The molecule has 0 saturated heterocycles. The van der Waals surface area contributed by atoms with Gasteiger partial charge in [-0.15, -0.1) is 0 Å². The second kappa shape index (κ2) is 9.84. The summed E-state index contributed by atoms with van der Waals surface area (Å²) in [7, 11) is -1.73. The Balaban J connectivity index is 1.51. The molecule has 0 saturated carbocycles. The van der Waals surface area contributed by atoms with Gasteiger partial charge in [-0.3, -0.25) is 5.32 Å². The zero-order chi connectivity index (χ0) is 22.5. The Bertz CT molecular complexity index is 898. The van der Waals surface area contributed by atoms with Gasteiger partial charge in [-0.2, -0.15) is 0 Å². The second-order valence-electron chi connectivity index (χ2n) is 9.77. The number of amides is 1. The minimum absolute atomic E-state index is 0.238. The highest BCUT2D eigenvalue weighted by Gasteiger charge is 2.39. The van der Waals surface area contributed by atoms with Crippen molar-refractivity contribution in [2.75, 3.05) is 5.32 Å². The number of hydrogen-bond acceptors (Lipinski definition) is 3. The Morgan fingerprint density at radius 3 is 2.32 bits per heavy atom. The summed E-state index contributed by atoms with van der Waals surface area (Å²) in [5, 5.41) is 3.03. The quantitative estimate of drug-likeness (QED) is 0.479. The van der Waals surface area contributed by atoms with E-state index in [1.807, 2.05) is 42.5 Å². The molecular formula is C26H35NO3Si. The first kappa shape index (κ1) is 23.3. The molecule has 0 aromatic heterocycles. The highest BCUT2D eigenvalue weighted by atomic mass is 28.4. The summed E-state index contributed by atoms with van der Waals surface area (Å²) in [6.45, 7) is 11.8. The Kier molecular flexibility index (Phi) is 7.39. The Morgan fingerprint density at radius 2 is 1.74 bits per heavy atom. The first-order valence-electron chi connectivity index (χ1n) is 11.1. The first-order valence-corrected chi connectivity index (χ1v) is 14.0. The SMILES string of the molecule is CC(C)(C)[Si](C)(C)OC1CC=C(c2ccc(NC(=O)OCc3ccccc3)cc2)CC1. The standard InChI is InChI=1S/C26H35NO3Si/c1-26(2,3)31(4,5)30-24-17-13-22(14-18-24)21-11-15-23(16-12-21)27-25(28)29-19-20-9-7-6-8-10-20/h6-13,15-16,24H,14,17-19H2,1-5H3,(H,27,28). The van der Waals surface area contributed by atoms with Crippen LogP contribution in [-0.2, 0) is 15.8 Å². The normalized spacial score (nSPS) is 17.1. The zero-order valence-corrected chi connectivity index (χ0v) is 20.4. The molecule has 0 fully saturated rings. The molecule has 5 heteroatoms. The lowest BCUT2D eigenvalue weighted by molar-refractivity contribution is 0.155. The van der Waals surface area contributed by atoms with Crippen molar-refractivity contribution in [1.82, 2.24) is 0 Å². The fourth-order valence-corrected chi connectivity index (χ4v) is 4.82. The van der Waals surface area contributed by atoms with Gasteiger partial charge in [-0.25, -0.2) is 4.79 Å². The van der Waals surface area contributed by atoms with Gasteiger partial charge >= 0.3 is 6.09 Å². The molecule has 1 aliphatic carbocycles. The first-order chi connectivity index (χ1) is 14.6. The molecule has 3 rings (SSSR count). The number of carbonyl (C=O) groups is 1. The van der Waals surface area contributed by atoms with Crippen LogP contribution in [0.2, 0.25) is 18.1 Å². The number of anilines is 1. The molecule has 2 aromatic carbocycles. The maximum absolute atomic E-state index is 12.0. The molecule has 0 spiro atoms. The number of ether oxygens (including phenoxy) is 1. The lowest BCUT2D eigenvalue weighted by Gasteiger charge is -2.40. The molecule has 31 heavy (non-hydrogen) atoms. The molecule has 1 atom stereocenters. The maximum atomic E-state index is 12.0. The monoisotopic (exact) mass is 437 g/mol. The van der Waals surface area contributed by atoms with Crippen LogP contribution in [0.5, 0.6) is 0 Å². The van der Waals surface area contributed by atoms with Crippen LogP contribution in [0.25, 0.3) is 5.57 Å². The summed E-state index contributed by atoms with van der Waals surface area (Å²) in [5.41, 5.74) is 4.26. The fourth-order valence-electron chi connectivity index (χ4n) is 3.42. The molecule has 166 valence electrons. The van der Waals surface area contributed by atoms with E-state index < -0.39 is 14.4 Å². The summed E-state index contributed by atoms with van der Waals surface area (Å²) in [4.78, 5) is 12.0. The molecular weight excluding hydrogens is 402 g/mol. The van der Waals surface area contributed by atoms with Gasteiger partial charge in [0, 0.05) is 11.8 Å². The van der Waals surface area contributed by atoms with Crippen molar-refractivity contribution < 1.29 is 14.0 Å². The topological polar surface area (TPSA) is 47.6 Å². The van der Waals surface area contributed by atoms with Crippen molar-refractivity contribution in [3.63, 3.8) is 0 Å². The largest absolute Gasteiger partial charge is 0.444 e. The molecule has 1 aliphatic rings. The lowest BCUT2D eigenvalue weighted by atomic mass is 9.92. The van der Waals surface area contributed by atoms with Gasteiger partial charge in [0.05, 0.1) is 0 Å². The molecule has 2 aromatic rings. The number of hydrogen-bond donors (Lipinski definition) is 1. The summed E-state index contributed by atoms with van der Waals surface area (Å²) >= 11 is 0. The van der Waals surface area contributed by atoms with Crippen LogP contribution in [0.1, 0.15) is 51.2 Å². The number of rotatable bonds is 6. The maximum Gasteiger partial charge on any atom is 0.411 e. The van der Waals surface area contributed by atoms with Crippen LogP contribution in [0.4, 0.5) is 10.5 Å². The van der Waals surface area contributed by atoms with Crippen molar-refractivity contribution in [2.24, 2.45) is 0 Å². The molecule has 1 unspecified atom stereocenters. The second-order valence-corrected chi connectivity index (χ2v) is 14.5. The summed E-state index contributed by atoms with van der Waals surface area (Å²) in [6.07, 6.45) is 5.24. The van der Waals surface area contributed by atoms with Crippen LogP contribution in [-0.4, -0.2) is 20.5 Å². The van der Waals surface area contributed by atoms with Crippen molar-refractivity contribution >= 4 is 25.7 Å². The van der Waals surface area contributed by atoms with E-state index in [2.05, 4.69) is 57.4 Å². The Hall–Kier alpha value is -2.37. The average Bonchev–Trinajstić information content (AvgIpc) is 2.73. The molecule has 0 heterocycles. The summed E-state index contributed by atoms with van der Waals surface area (Å²) < 4.78 is 11.9. The van der Waals surface area contributed by atoms with Crippen LogP contribution in [0.15, 0.2) is 60.7 Å². The van der Waals surface area contributed by atoms with E-state index in [1.54, 1.807) is 0 Å². The highest BCUT2D eigenvalue weighted by molar-refractivity contribution is 6.74. The Morgan fingerprint density at radius 1 is 1.06 bits per heavy atom. The van der Waals surface area contributed by atoms with Crippen LogP contribution < -0.4 is 5.32 Å². The third-order valence-electron chi connectivity index (χ3n) is 6.35. The van der Waals surface area contributed by atoms with Gasteiger partial charge in [0.1, 0.15) is 6.61 Å². The molecule has 0 aliphatic heterocycles. The summed E-state index contributed by atoms with van der Waals surface area (Å²) in [6, 6.07) is 17.6. The van der Waals surface area contributed by atoms with E-state index >= 15 is 0 Å². The molecule has 1 amide bonds. The van der Waals surface area contributed by atoms with Crippen LogP contribution in [0, 0.1) is 0 Å². The van der Waals surface area contributed by atoms with Crippen molar-refractivity contribution in [1.29, 1.82) is 0 Å². The van der Waals surface area contributed by atoms with Crippen molar-refractivity contribution in [3.8, 4) is 0 Å². The number of allylic oxidation sites excluding steroid dienone is 1. The van der Waals surface area contributed by atoms with Crippen molar-refractivity contribution in [3.05, 3.63) is 71.8 Å². The van der Waals surface area contributed by atoms with Gasteiger partial charge in [0.2, 0.25) is 0 Å². The van der Waals surface area contributed by atoms with E-state index in [-0.39, 0.29) is 11.6 Å². The van der Waals surface area contributed by atoms with Gasteiger partial charge in [-0.05, 0) is 66.2 Å². The number of nitrogens with one attached hydrogen (secondary N) is 1. The molecule has 1 N–H and O–H groups in total. The van der Waals surface area contributed by atoms with Gasteiger partial charge in [0.25, 0.3) is 0 Å². The van der Waals surface area contributed by atoms with Crippen LogP contribution >= 0.6 is 0 Å². The van der Waals surface area contributed by atoms with Crippen LogP contribution in [0.3, 0.4) is 0 Å². The average molecular weight is 438 g/mol. The predicted molar refractivity (Wildman–Crippen MR) is 131 cm³/mol. The summed E-state index contributed by atoms with van der Waals surface area (Å²) in [5.74, 6) is 0. The van der Waals surface area contributed by atoms with Gasteiger partial charge in [-0.1, -0.05) is 69.3 Å². The number of carbonyl (C=O) groups excluding carboxylic acids is 1. The molecule has 0 bridgehead atoms. The van der Waals surface area contributed by atoms with E-state index in [0.717, 1.165) is 30.5 Å². The smallest absolute Gasteiger partial charge is 0.411 e. The fraction of sp³-hybridized carbons (Fsp3) is 0.423. The highest BCUT2D eigenvalue weighted by Crippen LogP contribution is 2.39. The molecule has 0 radical (unpaired) electrons. The lowest BCUT2D eigenvalue weighted by Crippen LogP contribution is -2.44. The zero-order valence-electron chi connectivity index (χ0n) is 19.4. The van der Waals surface area contributed by atoms with E-state index in [9.17, 15) is 4.79 Å². The minimum atomic E-state index is -1.73. The van der Waals surface area contributed by atoms with Gasteiger partial charge in [0.15, 0.2) is 8.32 Å². The third-order valence-corrected chi connectivity index (χ3v) is 10.9. The van der Waals surface area contributed by atoms with Gasteiger partial charge < -0.3 is 9.16 Å². The minimum Gasteiger partial charge on any atom is -0.444 e. The van der Waals surface area contributed by atoms with E-state index in [4.69, 9.17) is 9.16 Å². The predicted octanol–water partition coefficient (Wildman–Crippen LogP) is 7.39. The van der Waals surface area contributed by atoms with E-state index in [1.165, 1.54) is 11.1 Å². The van der Waals surface area contributed by atoms with Crippen molar-refractivity contribution in [2.45, 2.75) is 70.9 Å². The van der Waals surface area contributed by atoms with E-state index in [0.29, 0.717) is 6.10 Å². The Labute approximate surface area is 187 Å². The third kappa shape index (κ3) is 6.55.